The summed E-state index contributed by atoms with van der Waals surface area (Å²) in [5, 5.41) is 7.47. The third-order valence-corrected chi connectivity index (χ3v) is 1.70. The van der Waals surface area contributed by atoms with Crippen molar-refractivity contribution in [3.8, 4) is 5.75 Å². The van der Waals surface area contributed by atoms with Crippen LogP contribution in [0.2, 0.25) is 0 Å². The zero-order valence-corrected chi connectivity index (χ0v) is 9.36. The maximum absolute atomic E-state index is 13.0. The molecule has 0 radical (unpaired) electrons. The van der Waals surface area contributed by atoms with E-state index in [1.807, 2.05) is 0 Å². The van der Waals surface area contributed by atoms with Gasteiger partial charge >= 0.3 is 0 Å². The summed E-state index contributed by atoms with van der Waals surface area (Å²) in [6.07, 6.45) is 0. The Bertz CT molecular complexity index is 344. The van der Waals surface area contributed by atoms with Gasteiger partial charge in [-0.2, -0.15) is 0 Å². The fourth-order valence-electron chi connectivity index (χ4n) is 1.03. The molecule has 0 unspecified atom stereocenters. The average molecular weight is 234 g/mol. The minimum absolute atomic E-state index is 0. The summed E-state index contributed by atoms with van der Waals surface area (Å²) in [5.41, 5.74) is 0.505. The number of hydrogen-bond acceptors (Lipinski definition) is 3. The Morgan fingerprint density at radius 2 is 2.13 bits per heavy atom. The standard InChI is InChI=1S/C10H12FNO2.ClH/c1-3-14-10(12)7-4-5-8(11)9(6-7)13-2;/h4-6,12H,3H2,1-2H3;1H. The molecule has 1 aromatic rings. The second-order valence-electron chi connectivity index (χ2n) is 2.61. The lowest BCUT2D eigenvalue weighted by Crippen LogP contribution is -2.05. The maximum atomic E-state index is 13.0. The minimum Gasteiger partial charge on any atom is -0.494 e. The van der Waals surface area contributed by atoms with E-state index >= 15 is 0 Å². The SMILES string of the molecule is CCOC(=N)c1ccc(F)c(OC)c1.Cl. The van der Waals surface area contributed by atoms with Gasteiger partial charge in [0.25, 0.3) is 0 Å². The van der Waals surface area contributed by atoms with Crippen molar-refractivity contribution in [1.82, 2.24) is 0 Å². The summed E-state index contributed by atoms with van der Waals surface area (Å²) < 4.78 is 22.7. The summed E-state index contributed by atoms with van der Waals surface area (Å²) in [6.45, 7) is 2.20. The molecule has 0 aliphatic rings. The molecule has 1 aromatic carbocycles. The average Bonchev–Trinajstić information content (AvgIpc) is 2.19. The number of ether oxygens (including phenoxy) is 2. The molecule has 5 heteroatoms. The van der Waals surface area contributed by atoms with Crippen LogP contribution in [0.4, 0.5) is 4.39 Å². The van der Waals surface area contributed by atoms with Crippen LogP contribution in [-0.4, -0.2) is 19.6 Å². The van der Waals surface area contributed by atoms with Crippen LogP contribution in [0.1, 0.15) is 12.5 Å². The van der Waals surface area contributed by atoms with Crippen LogP contribution in [0.25, 0.3) is 0 Å². The first-order valence-electron chi connectivity index (χ1n) is 4.24. The quantitative estimate of drug-likeness (QED) is 0.644. The Balaban J connectivity index is 0.00000196. The Hall–Kier alpha value is -1.29. The third kappa shape index (κ3) is 3.40. The smallest absolute Gasteiger partial charge is 0.213 e. The molecule has 0 saturated heterocycles. The monoisotopic (exact) mass is 233 g/mol. The van der Waals surface area contributed by atoms with Crippen LogP contribution in [0.15, 0.2) is 18.2 Å². The van der Waals surface area contributed by atoms with E-state index in [1.165, 1.54) is 25.3 Å². The predicted octanol–water partition coefficient (Wildman–Crippen LogP) is 2.62. The molecule has 0 atom stereocenters. The molecule has 1 N–H and O–H groups in total. The molecule has 0 saturated carbocycles. The van der Waals surface area contributed by atoms with Crippen molar-refractivity contribution >= 4 is 18.3 Å². The number of hydrogen-bond donors (Lipinski definition) is 1. The first-order valence-corrected chi connectivity index (χ1v) is 4.24. The van der Waals surface area contributed by atoms with Gasteiger partial charge in [-0.1, -0.05) is 0 Å². The van der Waals surface area contributed by atoms with Gasteiger partial charge in [-0.25, -0.2) is 4.39 Å². The largest absolute Gasteiger partial charge is 0.494 e. The number of halogens is 2. The Labute approximate surface area is 94.1 Å². The number of benzene rings is 1. The van der Waals surface area contributed by atoms with E-state index in [4.69, 9.17) is 14.9 Å². The highest BCUT2D eigenvalue weighted by Crippen LogP contribution is 2.18. The van der Waals surface area contributed by atoms with Crippen LogP contribution in [0.5, 0.6) is 5.75 Å². The van der Waals surface area contributed by atoms with E-state index in [9.17, 15) is 4.39 Å². The van der Waals surface area contributed by atoms with Gasteiger partial charge < -0.3 is 9.47 Å². The van der Waals surface area contributed by atoms with E-state index in [0.717, 1.165) is 0 Å². The summed E-state index contributed by atoms with van der Waals surface area (Å²) in [6, 6.07) is 4.17. The highest BCUT2D eigenvalue weighted by Gasteiger charge is 2.07. The van der Waals surface area contributed by atoms with E-state index in [-0.39, 0.29) is 24.1 Å². The van der Waals surface area contributed by atoms with E-state index in [2.05, 4.69) is 0 Å². The van der Waals surface area contributed by atoms with Gasteiger partial charge in [-0.05, 0) is 25.1 Å². The maximum Gasteiger partial charge on any atom is 0.213 e. The molecule has 3 nitrogen and oxygen atoms in total. The van der Waals surface area contributed by atoms with Gasteiger partial charge in [0.05, 0.1) is 13.7 Å². The Kier molecular flexibility index (Phi) is 5.70. The lowest BCUT2D eigenvalue weighted by molar-refractivity contribution is 0.325. The molecule has 0 bridgehead atoms. The molecule has 0 amide bonds. The molecule has 0 spiro atoms. The van der Waals surface area contributed by atoms with Crippen molar-refractivity contribution in [1.29, 1.82) is 5.41 Å². The Morgan fingerprint density at radius 3 is 2.67 bits per heavy atom. The lowest BCUT2D eigenvalue weighted by atomic mass is 10.2. The molecular weight excluding hydrogens is 221 g/mol. The topological polar surface area (TPSA) is 42.3 Å². The fourth-order valence-corrected chi connectivity index (χ4v) is 1.03. The fraction of sp³-hybridized carbons (Fsp3) is 0.300. The van der Waals surface area contributed by atoms with Gasteiger partial charge in [-0.3, -0.25) is 5.41 Å². The summed E-state index contributed by atoms with van der Waals surface area (Å²) in [4.78, 5) is 0. The second kappa shape index (κ2) is 6.24. The molecule has 84 valence electrons. The van der Waals surface area contributed by atoms with E-state index in [0.29, 0.717) is 12.2 Å². The molecular formula is C10H13ClFNO2. The van der Waals surface area contributed by atoms with Crippen LogP contribution in [-0.2, 0) is 4.74 Å². The number of nitrogens with one attached hydrogen (secondary N) is 1. The summed E-state index contributed by atoms with van der Waals surface area (Å²) in [7, 11) is 1.38. The molecule has 0 aromatic heterocycles. The Morgan fingerprint density at radius 1 is 1.47 bits per heavy atom. The number of methoxy groups -OCH3 is 1. The molecule has 15 heavy (non-hydrogen) atoms. The van der Waals surface area contributed by atoms with Crippen LogP contribution >= 0.6 is 12.4 Å². The predicted molar refractivity (Wildman–Crippen MR) is 58.7 cm³/mol. The van der Waals surface area contributed by atoms with E-state index < -0.39 is 5.82 Å². The molecule has 0 aliphatic carbocycles. The van der Waals surface area contributed by atoms with Gasteiger partial charge in [0.2, 0.25) is 5.90 Å². The van der Waals surface area contributed by atoms with Crippen LogP contribution in [0, 0.1) is 11.2 Å². The lowest BCUT2D eigenvalue weighted by Gasteiger charge is -2.07. The van der Waals surface area contributed by atoms with Crippen LogP contribution < -0.4 is 4.74 Å². The first kappa shape index (κ1) is 13.7. The second-order valence-corrected chi connectivity index (χ2v) is 2.61. The van der Waals surface area contributed by atoms with Gasteiger partial charge in [0.15, 0.2) is 11.6 Å². The summed E-state index contributed by atoms with van der Waals surface area (Å²) in [5.74, 6) is -0.307. The minimum atomic E-state index is -0.444. The van der Waals surface area contributed by atoms with Gasteiger partial charge in [0, 0.05) is 5.56 Å². The normalized spacial score (nSPS) is 9.00. The molecule has 0 fully saturated rings. The van der Waals surface area contributed by atoms with Crippen molar-refractivity contribution < 1.29 is 13.9 Å². The molecule has 0 aliphatic heterocycles. The van der Waals surface area contributed by atoms with Crippen molar-refractivity contribution in [3.05, 3.63) is 29.6 Å². The highest BCUT2D eigenvalue weighted by molar-refractivity contribution is 5.91. The van der Waals surface area contributed by atoms with Gasteiger partial charge in [0.1, 0.15) is 0 Å². The van der Waals surface area contributed by atoms with Crippen molar-refractivity contribution in [2.45, 2.75) is 6.92 Å². The number of rotatable bonds is 3. The molecule has 0 heterocycles. The highest BCUT2D eigenvalue weighted by atomic mass is 35.5. The van der Waals surface area contributed by atoms with Gasteiger partial charge in [-0.15, -0.1) is 12.4 Å². The zero-order chi connectivity index (χ0) is 10.6. The van der Waals surface area contributed by atoms with Crippen LogP contribution in [0.3, 0.4) is 0 Å². The first-order chi connectivity index (χ1) is 6.69. The van der Waals surface area contributed by atoms with Crippen molar-refractivity contribution in [3.63, 3.8) is 0 Å². The van der Waals surface area contributed by atoms with Crippen molar-refractivity contribution in [2.24, 2.45) is 0 Å². The van der Waals surface area contributed by atoms with Crippen molar-refractivity contribution in [2.75, 3.05) is 13.7 Å². The molecule has 1 rings (SSSR count). The third-order valence-electron chi connectivity index (χ3n) is 1.70. The van der Waals surface area contributed by atoms with E-state index in [1.54, 1.807) is 6.92 Å². The summed E-state index contributed by atoms with van der Waals surface area (Å²) >= 11 is 0. The zero-order valence-electron chi connectivity index (χ0n) is 8.54.